The lowest BCUT2D eigenvalue weighted by Crippen LogP contribution is -2.25. The molecule has 0 aromatic heterocycles. The molecule has 0 saturated carbocycles. The molecule has 3 N–H and O–H groups in total. The average molecular weight is 159 g/mol. The zero-order valence-electron chi connectivity index (χ0n) is 6.76. The van der Waals surface area contributed by atoms with E-state index in [0.29, 0.717) is 13.0 Å². The van der Waals surface area contributed by atoms with Gasteiger partial charge in [-0.15, -0.1) is 0 Å². The highest BCUT2D eigenvalue weighted by atomic mass is 16.5. The van der Waals surface area contributed by atoms with Gasteiger partial charge in [0, 0.05) is 19.2 Å². The molecule has 0 radical (unpaired) electrons. The molecule has 0 spiro atoms. The van der Waals surface area contributed by atoms with E-state index in [1.165, 1.54) is 0 Å². The first-order valence-electron chi connectivity index (χ1n) is 3.24. The second kappa shape index (κ2) is 5.67. The summed E-state index contributed by atoms with van der Waals surface area (Å²) in [6, 6.07) is -0.651. The number of urea groups is 1. The third kappa shape index (κ3) is 6.79. The number of rotatable bonds is 4. The van der Waals surface area contributed by atoms with Crippen LogP contribution < -0.4 is 11.2 Å². The van der Waals surface area contributed by atoms with Gasteiger partial charge in [0.05, 0.1) is 6.61 Å². The van der Waals surface area contributed by atoms with Crippen LogP contribution in [0.25, 0.3) is 0 Å². The molecule has 11 heavy (non-hydrogen) atoms. The Morgan fingerprint density at radius 2 is 2.36 bits per heavy atom. The fraction of sp³-hybridized carbons (Fsp3) is 0.667. The SMILES string of the molecule is COCC/C(C)=N/NC(N)=O. The molecule has 0 fully saturated rings. The van der Waals surface area contributed by atoms with Crippen LogP contribution in [0.3, 0.4) is 0 Å². The van der Waals surface area contributed by atoms with Crippen molar-refractivity contribution in [3.8, 4) is 0 Å². The number of hydrogen-bond acceptors (Lipinski definition) is 3. The van der Waals surface area contributed by atoms with Crippen LogP contribution in [0, 0.1) is 0 Å². The van der Waals surface area contributed by atoms with Crippen molar-refractivity contribution in [3.63, 3.8) is 0 Å². The molecule has 0 saturated heterocycles. The Hall–Kier alpha value is -1.10. The van der Waals surface area contributed by atoms with Crippen molar-refractivity contribution in [2.45, 2.75) is 13.3 Å². The fourth-order valence-electron chi connectivity index (χ4n) is 0.456. The summed E-state index contributed by atoms with van der Waals surface area (Å²) in [6.45, 7) is 2.38. The summed E-state index contributed by atoms with van der Waals surface area (Å²) in [6.07, 6.45) is 0.691. The molecule has 0 heterocycles. The minimum atomic E-state index is -0.651. The quantitative estimate of drug-likeness (QED) is 0.449. The third-order valence-electron chi connectivity index (χ3n) is 1.02. The number of methoxy groups -OCH3 is 1. The van der Waals surface area contributed by atoms with Gasteiger partial charge in [-0.05, 0) is 6.92 Å². The molecule has 0 unspecified atom stereocenters. The van der Waals surface area contributed by atoms with E-state index in [-0.39, 0.29) is 0 Å². The molecule has 5 heteroatoms. The van der Waals surface area contributed by atoms with Crippen LogP contribution >= 0.6 is 0 Å². The van der Waals surface area contributed by atoms with Crippen LogP contribution in [0.1, 0.15) is 13.3 Å². The number of nitrogens with one attached hydrogen (secondary N) is 1. The summed E-state index contributed by atoms with van der Waals surface area (Å²) in [5, 5.41) is 3.67. The first-order valence-corrected chi connectivity index (χ1v) is 3.24. The van der Waals surface area contributed by atoms with Gasteiger partial charge in [-0.1, -0.05) is 0 Å². The maximum Gasteiger partial charge on any atom is 0.332 e. The van der Waals surface area contributed by atoms with E-state index in [1.807, 2.05) is 0 Å². The van der Waals surface area contributed by atoms with Gasteiger partial charge in [0.2, 0.25) is 0 Å². The normalized spacial score (nSPS) is 11.3. The van der Waals surface area contributed by atoms with Crippen LogP contribution in [0.2, 0.25) is 0 Å². The lowest BCUT2D eigenvalue weighted by Gasteiger charge is -1.98. The Kier molecular flexibility index (Phi) is 5.10. The highest BCUT2D eigenvalue weighted by molar-refractivity contribution is 5.83. The summed E-state index contributed by atoms with van der Waals surface area (Å²) < 4.78 is 4.79. The maximum absolute atomic E-state index is 10.2. The number of hydrogen-bond donors (Lipinski definition) is 2. The predicted molar refractivity (Wildman–Crippen MR) is 42.3 cm³/mol. The smallest absolute Gasteiger partial charge is 0.332 e. The van der Waals surface area contributed by atoms with E-state index >= 15 is 0 Å². The third-order valence-corrected chi connectivity index (χ3v) is 1.02. The first kappa shape index (κ1) is 9.90. The van der Waals surface area contributed by atoms with Crippen LogP contribution in [0.4, 0.5) is 4.79 Å². The zero-order chi connectivity index (χ0) is 8.69. The Morgan fingerprint density at radius 1 is 1.73 bits per heavy atom. The number of carbonyl (C=O) groups excluding carboxylic acids is 1. The maximum atomic E-state index is 10.2. The predicted octanol–water partition coefficient (Wildman–Crippen LogP) is 0.0671. The largest absolute Gasteiger partial charge is 0.384 e. The highest BCUT2D eigenvalue weighted by Gasteiger charge is 1.91. The van der Waals surface area contributed by atoms with Gasteiger partial charge in [-0.25, -0.2) is 10.2 Å². The molecule has 0 bridgehead atoms. The van der Waals surface area contributed by atoms with E-state index in [2.05, 4.69) is 10.5 Å². The number of nitrogens with zero attached hydrogens (tertiary/aromatic N) is 1. The lowest BCUT2D eigenvalue weighted by molar-refractivity contribution is 0.207. The Bertz CT molecular complexity index is 156. The van der Waals surface area contributed by atoms with Gasteiger partial charge in [-0.2, -0.15) is 5.10 Å². The van der Waals surface area contributed by atoms with E-state index in [9.17, 15) is 4.79 Å². The van der Waals surface area contributed by atoms with Crippen LogP contribution in [0.15, 0.2) is 5.10 Å². The van der Waals surface area contributed by atoms with Gasteiger partial charge in [0.1, 0.15) is 0 Å². The lowest BCUT2D eigenvalue weighted by atomic mass is 10.3. The van der Waals surface area contributed by atoms with Gasteiger partial charge in [-0.3, -0.25) is 0 Å². The topological polar surface area (TPSA) is 76.7 Å². The van der Waals surface area contributed by atoms with E-state index in [4.69, 9.17) is 10.5 Å². The summed E-state index contributed by atoms with van der Waals surface area (Å²) in [7, 11) is 1.61. The molecule has 64 valence electrons. The monoisotopic (exact) mass is 159 g/mol. The van der Waals surface area contributed by atoms with Crippen LogP contribution in [-0.2, 0) is 4.74 Å². The minimum Gasteiger partial charge on any atom is -0.384 e. The number of carbonyl (C=O) groups is 1. The standard InChI is InChI=1S/C6H13N3O2/c1-5(3-4-11-2)8-9-6(7)10/h3-4H2,1-2H3,(H3,7,9,10)/b8-5+. The molecular formula is C6H13N3O2. The molecule has 0 aromatic carbocycles. The van der Waals surface area contributed by atoms with Crippen LogP contribution in [0.5, 0.6) is 0 Å². The van der Waals surface area contributed by atoms with Gasteiger partial charge in [0.15, 0.2) is 0 Å². The van der Waals surface area contributed by atoms with Crippen molar-refractivity contribution in [1.82, 2.24) is 5.43 Å². The summed E-state index contributed by atoms with van der Waals surface area (Å²) in [4.78, 5) is 10.2. The second-order valence-corrected chi connectivity index (χ2v) is 2.07. The first-order chi connectivity index (χ1) is 5.16. The van der Waals surface area contributed by atoms with E-state index in [0.717, 1.165) is 5.71 Å². The fourth-order valence-corrected chi connectivity index (χ4v) is 0.456. The van der Waals surface area contributed by atoms with Crippen molar-refractivity contribution >= 4 is 11.7 Å². The Labute approximate surface area is 65.6 Å². The molecular weight excluding hydrogens is 146 g/mol. The number of ether oxygens (including phenoxy) is 1. The van der Waals surface area contributed by atoms with Crippen molar-refractivity contribution in [1.29, 1.82) is 0 Å². The summed E-state index contributed by atoms with van der Waals surface area (Å²) in [5.74, 6) is 0. The van der Waals surface area contributed by atoms with Crippen molar-refractivity contribution < 1.29 is 9.53 Å². The zero-order valence-corrected chi connectivity index (χ0v) is 6.76. The molecule has 0 aliphatic carbocycles. The Balaban J connectivity index is 3.54. The summed E-state index contributed by atoms with van der Waals surface area (Å²) >= 11 is 0. The highest BCUT2D eigenvalue weighted by Crippen LogP contribution is 1.84. The van der Waals surface area contributed by atoms with E-state index in [1.54, 1.807) is 14.0 Å². The van der Waals surface area contributed by atoms with Gasteiger partial charge >= 0.3 is 6.03 Å². The average Bonchev–Trinajstić information content (AvgIpc) is 1.97. The van der Waals surface area contributed by atoms with Gasteiger partial charge in [0.25, 0.3) is 0 Å². The molecule has 0 aromatic rings. The number of nitrogens with two attached hydrogens (primary N) is 1. The second-order valence-electron chi connectivity index (χ2n) is 2.07. The van der Waals surface area contributed by atoms with E-state index < -0.39 is 6.03 Å². The molecule has 0 atom stereocenters. The molecule has 5 nitrogen and oxygen atoms in total. The number of primary amides is 1. The molecule has 2 amide bonds. The summed E-state index contributed by atoms with van der Waals surface area (Å²) in [5.41, 5.74) is 7.69. The van der Waals surface area contributed by atoms with Crippen molar-refractivity contribution in [2.24, 2.45) is 10.8 Å². The minimum absolute atomic E-state index is 0.593. The number of amides is 2. The van der Waals surface area contributed by atoms with Crippen molar-refractivity contribution in [2.75, 3.05) is 13.7 Å². The van der Waals surface area contributed by atoms with Crippen LogP contribution in [-0.4, -0.2) is 25.5 Å². The molecule has 0 aliphatic rings. The molecule has 0 rings (SSSR count). The Morgan fingerprint density at radius 3 is 2.82 bits per heavy atom. The molecule has 0 aliphatic heterocycles. The number of hydrazone groups is 1. The van der Waals surface area contributed by atoms with Crippen molar-refractivity contribution in [3.05, 3.63) is 0 Å². The van der Waals surface area contributed by atoms with Gasteiger partial charge < -0.3 is 10.5 Å².